The molecule has 0 unspecified atom stereocenters. The second-order valence-corrected chi connectivity index (χ2v) is 10.5. The Bertz CT molecular complexity index is 1030. The number of rotatable bonds is 3. The van der Waals surface area contributed by atoms with Crippen LogP contribution in [0.5, 0.6) is 5.75 Å². The standard InChI is InChI=1S/C23H28N2O3S/c1-22(2,3)25-29(26,27)18-10-8-17(9-11-18)20-16-23(12-14-24-15-13-23)28-21-7-5-4-6-19(20)21/h4-11,16,24-25H,12-15H2,1-3H3. The Labute approximate surface area is 173 Å². The SMILES string of the molecule is CC(C)(C)NS(=O)(=O)c1ccc(C2=CC3(CCNCC3)Oc3ccccc32)cc1. The van der Waals surface area contributed by atoms with E-state index >= 15 is 0 Å². The zero-order chi connectivity index (χ0) is 20.7. The van der Waals surface area contributed by atoms with Crippen molar-refractivity contribution in [2.45, 2.75) is 49.6 Å². The van der Waals surface area contributed by atoms with E-state index < -0.39 is 15.6 Å². The van der Waals surface area contributed by atoms with Crippen LogP contribution >= 0.6 is 0 Å². The van der Waals surface area contributed by atoms with Crippen molar-refractivity contribution in [3.63, 3.8) is 0 Å². The van der Waals surface area contributed by atoms with Crippen molar-refractivity contribution in [3.8, 4) is 5.75 Å². The first-order valence-electron chi connectivity index (χ1n) is 10.0. The van der Waals surface area contributed by atoms with E-state index in [1.54, 1.807) is 12.1 Å². The molecule has 1 saturated heterocycles. The molecular formula is C23H28N2O3S. The van der Waals surface area contributed by atoms with Crippen LogP contribution in [-0.4, -0.2) is 32.6 Å². The van der Waals surface area contributed by atoms with E-state index in [-0.39, 0.29) is 10.5 Å². The van der Waals surface area contributed by atoms with Gasteiger partial charge in [0.05, 0.1) is 4.90 Å². The molecule has 29 heavy (non-hydrogen) atoms. The summed E-state index contributed by atoms with van der Waals surface area (Å²) in [5, 5.41) is 3.39. The Hall–Kier alpha value is -2.15. The fourth-order valence-electron chi connectivity index (χ4n) is 3.98. The maximum absolute atomic E-state index is 12.6. The zero-order valence-electron chi connectivity index (χ0n) is 17.2. The third kappa shape index (κ3) is 4.25. The minimum atomic E-state index is -3.56. The van der Waals surface area contributed by atoms with Gasteiger partial charge in [0.2, 0.25) is 10.0 Å². The molecule has 5 nitrogen and oxygen atoms in total. The lowest BCUT2D eigenvalue weighted by Gasteiger charge is -2.40. The zero-order valence-corrected chi connectivity index (χ0v) is 18.0. The minimum absolute atomic E-state index is 0.272. The van der Waals surface area contributed by atoms with Gasteiger partial charge in [0, 0.05) is 23.9 Å². The minimum Gasteiger partial charge on any atom is -0.482 e. The molecular weight excluding hydrogens is 384 g/mol. The summed E-state index contributed by atoms with van der Waals surface area (Å²) in [4.78, 5) is 0.272. The molecule has 2 aliphatic rings. The maximum Gasteiger partial charge on any atom is 0.241 e. The molecule has 0 amide bonds. The van der Waals surface area contributed by atoms with Gasteiger partial charge in [-0.3, -0.25) is 0 Å². The Kier molecular flexibility index (Phi) is 5.05. The second kappa shape index (κ2) is 7.27. The molecule has 0 radical (unpaired) electrons. The van der Waals surface area contributed by atoms with Crippen molar-refractivity contribution in [2.24, 2.45) is 0 Å². The molecule has 2 N–H and O–H groups in total. The molecule has 0 aliphatic carbocycles. The first-order valence-corrected chi connectivity index (χ1v) is 11.5. The number of hydrogen-bond donors (Lipinski definition) is 2. The average Bonchev–Trinajstić information content (AvgIpc) is 2.66. The summed E-state index contributed by atoms with van der Waals surface area (Å²) >= 11 is 0. The normalized spacial score (nSPS) is 18.7. The van der Waals surface area contributed by atoms with Crippen molar-refractivity contribution in [1.82, 2.24) is 10.0 Å². The topological polar surface area (TPSA) is 67.4 Å². The van der Waals surface area contributed by atoms with Crippen LogP contribution in [0.1, 0.15) is 44.7 Å². The molecule has 0 saturated carbocycles. The van der Waals surface area contributed by atoms with Gasteiger partial charge < -0.3 is 10.1 Å². The Balaban J connectivity index is 1.72. The summed E-state index contributed by atoms with van der Waals surface area (Å²) in [5.41, 5.74) is 2.30. The van der Waals surface area contributed by atoms with Crippen LogP contribution in [0.4, 0.5) is 0 Å². The quantitative estimate of drug-likeness (QED) is 0.807. The number of ether oxygens (including phenoxy) is 1. The highest BCUT2D eigenvalue weighted by molar-refractivity contribution is 7.89. The van der Waals surface area contributed by atoms with Gasteiger partial charge >= 0.3 is 0 Å². The number of para-hydroxylation sites is 1. The van der Waals surface area contributed by atoms with E-state index in [9.17, 15) is 8.42 Å². The number of hydrogen-bond acceptors (Lipinski definition) is 4. The highest BCUT2D eigenvalue weighted by Crippen LogP contribution is 2.42. The molecule has 2 aromatic rings. The fourth-order valence-corrected chi connectivity index (χ4v) is 5.40. The van der Waals surface area contributed by atoms with Crippen molar-refractivity contribution in [1.29, 1.82) is 0 Å². The summed E-state index contributed by atoms with van der Waals surface area (Å²) < 4.78 is 34.4. The van der Waals surface area contributed by atoms with Gasteiger partial charge in [0.1, 0.15) is 11.4 Å². The lowest BCUT2D eigenvalue weighted by Crippen LogP contribution is -2.46. The van der Waals surface area contributed by atoms with Gasteiger partial charge in [-0.2, -0.15) is 0 Å². The maximum atomic E-state index is 12.6. The lowest BCUT2D eigenvalue weighted by molar-refractivity contribution is 0.0817. The molecule has 2 aliphatic heterocycles. The first-order chi connectivity index (χ1) is 13.7. The molecule has 1 fully saturated rings. The smallest absolute Gasteiger partial charge is 0.241 e. The van der Waals surface area contributed by atoms with Crippen LogP contribution in [0.25, 0.3) is 5.57 Å². The lowest BCUT2D eigenvalue weighted by atomic mass is 9.83. The number of benzene rings is 2. The summed E-state index contributed by atoms with van der Waals surface area (Å²) in [6.07, 6.45) is 4.05. The highest BCUT2D eigenvalue weighted by atomic mass is 32.2. The van der Waals surface area contributed by atoms with Gasteiger partial charge in [-0.25, -0.2) is 13.1 Å². The highest BCUT2D eigenvalue weighted by Gasteiger charge is 2.37. The van der Waals surface area contributed by atoms with E-state index in [1.807, 2.05) is 51.1 Å². The average molecular weight is 413 g/mol. The van der Waals surface area contributed by atoms with E-state index in [1.165, 1.54) is 0 Å². The van der Waals surface area contributed by atoms with Crippen molar-refractivity contribution in [2.75, 3.05) is 13.1 Å². The van der Waals surface area contributed by atoms with Crippen LogP contribution in [-0.2, 0) is 10.0 Å². The van der Waals surface area contributed by atoms with E-state index in [0.717, 1.165) is 48.4 Å². The molecule has 4 rings (SSSR count). The predicted octanol–water partition coefficient (Wildman–Crippen LogP) is 3.71. The van der Waals surface area contributed by atoms with Gasteiger partial charge in [-0.05, 0) is 69.3 Å². The Morgan fingerprint density at radius 2 is 1.66 bits per heavy atom. The third-order valence-corrected chi connectivity index (χ3v) is 7.04. The van der Waals surface area contributed by atoms with Crippen molar-refractivity contribution < 1.29 is 13.2 Å². The molecule has 0 bridgehead atoms. The Morgan fingerprint density at radius 3 is 2.31 bits per heavy atom. The third-order valence-electron chi connectivity index (χ3n) is 5.26. The van der Waals surface area contributed by atoms with Gasteiger partial charge in [0.15, 0.2) is 0 Å². The molecule has 6 heteroatoms. The van der Waals surface area contributed by atoms with Gasteiger partial charge in [-0.1, -0.05) is 30.3 Å². The van der Waals surface area contributed by atoms with Crippen LogP contribution in [0.15, 0.2) is 59.5 Å². The largest absolute Gasteiger partial charge is 0.482 e. The Morgan fingerprint density at radius 1 is 1.00 bits per heavy atom. The fraction of sp³-hybridized carbons (Fsp3) is 0.391. The van der Waals surface area contributed by atoms with Gasteiger partial charge in [0.25, 0.3) is 0 Å². The number of sulfonamides is 1. The number of nitrogens with one attached hydrogen (secondary N) is 2. The molecule has 1 spiro atoms. The second-order valence-electron chi connectivity index (χ2n) is 8.85. The summed E-state index contributed by atoms with van der Waals surface area (Å²) in [6, 6.07) is 15.2. The van der Waals surface area contributed by atoms with Crippen molar-refractivity contribution in [3.05, 3.63) is 65.7 Å². The summed E-state index contributed by atoms with van der Waals surface area (Å²) in [5.74, 6) is 0.887. The van der Waals surface area contributed by atoms with E-state index in [2.05, 4.69) is 22.2 Å². The van der Waals surface area contributed by atoms with Crippen molar-refractivity contribution >= 4 is 15.6 Å². The number of piperidine rings is 1. The molecule has 154 valence electrons. The first kappa shape index (κ1) is 20.1. The molecule has 2 aromatic carbocycles. The van der Waals surface area contributed by atoms with Gasteiger partial charge in [-0.15, -0.1) is 0 Å². The van der Waals surface area contributed by atoms with Crippen LogP contribution in [0.3, 0.4) is 0 Å². The van der Waals surface area contributed by atoms with E-state index in [0.29, 0.717) is 0 Å². The predicted molar refractivity (Wildman–Crippen MR) is 116 cm³/mol. The van der Waals surface area contributed by atoms with Crippen LogP contribution in [0, 0.1) is 0 Å². The van der Waals surface area contributed by atoms with Crippen LogP contribution < -0.4 is 14.8 Å². The number of fused-ring (bicyclic) bond motifs is 1. The summed E-state index contributed by atoms with van der Waals surface area (Å²) in [6.45, 7) is 7.34. The van der Waals surface area contributed by atoms with E-state index in [4.69, 9.17) is 4.74 Å². The van der Waals surface area contributed by atoms with Crippen LogP contribution in [0.2, 0.25) is 0 Å². The monoisotopic (exact) mass is 412 g/mol. The summed E-state index contributed by atoms with van der Waals surface area (Å²) in [7, 11) is -3.56. The molecule has 0 atom stereocenters. The molecule has 0 aromatic heterocycles. The molecule has 2 heterocycles.